The standard InChI is InChI=1S/C25H27Cl2N5O4S/c1-4-10-36-18-13-32(9-6-15(18)11-17(33)22-20(27)19(26)14(3)30-22)25-31-21(16-12-28-7-8-29-16)23(37-25)24(34)35-5-2/h4,7-8,12,15,18,30H,1,5-6,9-11,13H2,2-3H3/t15-,18-/m0/s1. The molecular formula is C25H27Cl2N5O4S. The van der Waals surface area contributed by atoms with E-state index in [1.165, 1.54) is 11.3 Å². The maximum atomic E-state index is 13.1. The highest BCUT2D eigenvalue weighted by Gasteiger charge is 2.35. The van der Waals surface area contributed by atoms with Gasteiger partial charge in [-0.3, -0.25) is 14.8 Å². The molecule has 1 aliphatic heterocycles. The molecule has 4 rings (SSSR count). The molecule has 0 aliphatic carbocycles. The molecule has 0 amide bonds. The van der Waals surface area contributed by atoms with Crippen molar-refractivity contribution >= 4 is 51.4 Å². The Balaban J connectivity index is 1.56. The summed E-state index contributed by atoms with van der Waals surface area (Å²) in [6, 6.07) is 0. The first-order valence-corrected chi connectivity index (χ1v) is 13.4. The van der Waals surface area contributed by atoms with Gasteiger partial charge in [0, 0.05) is 37.6 Å². The zero-order valence-corrected chi connectivity index (χ0v) is 22.8. The van der Waals surface area contributed by atoms with E-state index in [1.807, 2.05) is 0 Å². The van der Waals surface area contributed by atoms with Gasteiger partial charge in [-0.05, 0) is 26.2 Å². The predicted molar refractivity (Wildman–Crippen MR) is 144 cm³/mol. The maximum absolute atomic E-state index is 13.1. The normalized spacial score (nSPS) is 17.6. The van der Waals surface area contributed by atoms with E-state index in [4.69, 9.17) is 37.7 Å². The summed E-state index contributed by atoms with van der Waals surface area (Å²) in [5, 5.41) is 1.26. The van der Waals surface area contributed by atoms with Crippen molar-refractivity contribution in [3.63, 3.8) is 0 Å². The molecule has 0 radical (unpaired) electrons. The quantitative estimate of drug-likeness (QED) is 0.198. The second-order valence-electron chi connectivity index (χ2n) is 8.52. The Kier molecular flexibility index (Phi) is 8.96. The molecule has 1 N–H and O–H groups in total. The number of Topliss-reactive ketones (excluding diaryl/α,β-unsaturated/α-hetero) is 1. The van der Waals surface area contributed by atoms with E-state index in [0.717, 1.165) is 0 Å². The van der Waals surface area contributed by atoms with Crippen LogP contribution < -0.4 is 4.90 Å². The Hall–Kier alpha value is -2.79. The number of rotatable bonds is 10. The number of anilines is 1. The van der Waals surface area contributed by atoms with Crippen LogP contribution in [0, 0.1) is 12.8 Å². The van der Waals surface area contributed by atoms with Crippen LogP contribution in [0.4, 0.5) is 5.13 Å². The van der Waals surface area contributed by atoms with Gasteiger partial charge in [-0.25, -0.2) is 9.78 Å². The van der Waals surface area contributed by atoms with E-state index >= 15 is 0 Å². The highest BCUT2D eigenvalue weighted by atomic mass is 35.5. The van der Waals surface area contributed by atoms with Crippen molar-refractivity contribution in [1.29, 1.82) is 0 Å². The number of aryl methyl sites for hydroxylation is 1. The minimum absolute atomic E-state index is 0.0499. The van der Waals surface area contributed by atoms with Gasteiger partial charge in [-0.1, -0.05) is 40.6 Å². The zero-order chi connectivity index (χ0) is 26.5. The van der Waals surface area contributed by atoms with Crippen LogP contribution in [0.1, 0.15) is 45.6 Å². The molecule has 0 saturated carbocycles. The number of nitrogens with zero attached hydrogens (tertiary/aromatic N) is 4. The molecule has 1 fully saturated rings. The highest BCUT2D eigenvalue weighted by Crippen LogP contribution is 2.37. The van der Waals surface area contributed by atoms with Crippen molar-refractivity contribution in [2.45, 2.75) is 32.8 Å². The molecule has 9 nitrogen and oxygen atoms in total. The van der Waals surface area contributed by atoms with Crippen LogP contribution in [-0.2, 0) is 9.47 Å². The van der Waals surface area contributed by atoms with Gasteiger partial charge >= 0.3 is 5.97 Å². The summed E-state index contributed by atoms with van der Waals surface area (Å²) < 4.78 is 11.3. The fourth-order valence-corrected chi connectivity index (χ4v) is 5.67. The first-order valence-electron chi connectivity index (χ1n) is 11.8. The molecule has 4 heterocycles. The molecule has 3 aromatic rings. The predicted octanol–water partition coefficient (Wildman–Crippen LogP) is 5.39. The third-order valence-corrected chi connectivity index (χ3v) is 8.10. The van der Waals surface area contributed by atoms with Crippen LogP contribution in [0.3, 0.4) is 0 Å². The number of thiazole rings is 1. The van der Waals surface area contributed by atoms with Gasteiger partial charge in [0.1, 0.15) is 22.0 Å². The fourth-order valence-electron chi connectivity index (χ4n) is 4.23. The number of hydrogen-bond donors (Lipinski definition) is 1. The number of carbonyl (C=O) groups excluding carboxylic acids is 2. The molecule has 12 heteroatoms. The highest BCUT2D eigenvalue weighted by molar-refractivity contribution is 7.17. The fraction of sp³-hybridized carbons (Fsp3) is 0.400. The zero-order valence-electron chi connectivity index (χ0n) is 20.5. The molecule has 2 atom stereocenters. The van der Waals surface area contributed by atoms with Crippen molar-refractivity contribution in [3.05, 3.63) is 57.6 Å². The first-order chi connectivity index (χ1) is 17.8. The third kappa shape index (κ3) is 6.04. The Morgan fingerprint density at radius 2 is 2.14 bits per heavy atom. The number of esters is 1. The topological polar surface area (TPSA) is 110 Å². The Bertz CT molecular complexity index is 1280. The molecule has 0 spiro atoms. The van der Waals surface area contributed by atoms with E-state index in [9.17, 15) is 9.59 Å². The number of aromatic nitrogens is 4. The van der Waals surface area contributed by atoms with Crippen LogP contribution in [0.2, 0.25) is 10.0 Å². The van der Waals surface area contributed by atoms with Gasteiger partial charge in [-0.15, -0.1) is 6.58 Å². The van der Waals surface area contributed by atoms with E-state index in [0.29, 0.717) is 63.9 Å². The van der Waals surface area contributed by atoms with E-state index in [2.05, 4.69) is 26.4 Å². The van der Waals surface area contributed by atoms with Crippen molar-refractivity contribution in [1.82, 2.24) is 19.9 Å². The van der Waals surface area contributed by atoms with E-state index in [-0.39, 0.29) is 35.9 Å². The molecule has 37 heavy (non-hydrogen) atoms. The van der Waals surface area contributed by atoms with Gasteiger partial charge in [-0.2, -0.15) is 0 Å². The summed E-state index contributed by atoms with van der Waals surface area (Å²) in [6.07, 6.45) is 7.01. The maximum Gasteiger partial charge on any atom is 0.350 e. The number of ketones is 1. The van der Waals surface area contributed by atoms with Crippen LogP contribution in [0.5, 0.6) is 0 Å². The molecule has 0 unspecified atom stereocenters. The summed E-state index contributed by atoms with van der Waals surface area (Å²) in [4.78, 5) is 44.3. The lowest BCUT2D eigenvalue weighted by Crippen LogP contribution is -2.46. The molecule has 196 valence electrons. The lowest BCUT2D eigenvalue weighted by molar-refractivity contribution is 0.0184. The number of ether oxygens (including phenoxy) is 2. The van der Waals surface area contributed by atoms with E-state index in [1.54, 1.807) is 38.5 Å². The SMILES string of the molecule is C=CCO[C@H]1CN(c2nc(-c3cnccn3)c(C(=O)OCC)s2)CC[C@H]1CC(=O)c1[nH]c(C)c(Cl)c1Cl. The minimum Gasteiger partial charge on any atom is -0.462 e. The first kappa shape index (κ1) is 27.3. The van der Waals surface area contributed by atoms with Gasteiger partial charge in [0.05, 0.1) is 35.6 Å². The summed E-state index contributed by atoms with van der Waals surface area (Å²) in [5.41, 5.74) is 1.90. The van der Waals surface area contributed by atoms with E-state index < -0.39 is 5.97 Å². The van der Waals surface area contributed by atoms with Crippen molar-refractivity contribution in [3.8, 4) is 11.4 Å². The molecule has 3 aromatic heterocycles. The van der Waals surface area contributed by atoms with Gasteiger partial charge in [0.15, 0.2) is 10.9 Å². The Morgan fingerprint density at radius 3 is 2.78 bits per heavy atom. The van der Waals surface area contributed by atoms with Crippen molar-refractivity contribution in [2.24, 2.45) is 5.92 Å². The summed E-state index contributed by atoms with van der Waals surface area (Å²) >= 11 is 13.7. The monoisotopic (exact) mass is 563 g/mol. The Labute approximate surface area is 228 Å². The molecule has 1 saturated heterocycles. The van der Waals surface area contributed by atoms with Crippen molar-refractivity contribution < 1.29 is 19.1 Å². The van der Waals surface area contributed by atoms with Gasteiger partial charge in [0.2, 0.25) is 0 Å². The summed E-state index contributed by atoms with van der Waals surface area (Å²) in [7, 11) is 0. The lowest BCUT2D eigenvalue weighted by Gasteiger charge is -2.38. The average Bonchev–Trinajstić information content (AvgIpc) is 3.46. The van der Waals surface area contributed by atoms with Gasteiger partial charge < -0.3 is 19.4 Å². The number of nitrogens with one attached hydrogen (secondary N) is 1. The van der Waals surface area contributed by atoms with Gasteiger partial charge in [0.25, 0.3) is 0 Å². The van der Waals surface area contributed by atoms with Crippen LogP contribution in [-0.4, -0.2) is 64.1 Å². The largest absolute Gasteiger partial charge is 0.462 e. The average molecular weight is 564 g/mol. The van der Waals surface area contributed by atoms with Crippen LogP contribution in [0.15, 0.2) is 31.2 Å². The second-order valence-corrected chi connectivity index (χ2v) is 10.3. The Morgan fingerprint density at radius 1 is 1.32 bits per heavy atom. The smallest absolute Gasteiger partial charge is 0.350 e. The summed E-state index contributed by atoms with van der Waals surface area (Å²) in [6.45, 7) is 8.97. The van der Waals surface area contributed by atoms with Crippen LogP contribution >= 0.6 is 34.5 Å². The second kappa shape index (κ2) is 12.2. The lowest BCUT2D eigenvalue weighted by atomic mass is 9.88. The number of hydrogen-bond acceptors (Lipinski definition) is 9. The molecular weight excluding hydrogens is 537 g/mol. The number of aromatic amines is 1. The van der Waals surface area contributed by atoms with Crippen LogP contribution in [0.25, 0.3) is 11.4 Å². The third-order valence-electron chi connectivity index (χ3n) is 6.06. The number of H-pyrrole nitrogens is 1. The molecule has 0 bridgehead atoms. The van der Waals surface area contributed by atoms with Crippen molar-refractivity contribution in [2.75, 3.05) is 31.2 Å². The minimum atomic E-state index is -0.455. The molecule has 1 aliphatic rings. The molecule has 0 aromatic carbocycles. The summed E-state index contributed by atoms with van der Waals surface area (Å²) in [5.74, 6) is -0.621. The number of piperidine rings is 1. The number of carbonyl (C=O) groups is 2. The number of halogens is 2.